The van der Waals surface area contributed by atoms with Gasteiger partial charge in [0.25, 0.3) is 0 Å². The predicted octanol–water partition coefficient (Wildman–Crippen LogP) is 1.88. The highest BCUT2D eigenvalue weighted by Gasteiger charge is 2.02. The largest absolute Gasteiger partial charge is 0.398 e. The molecular weight excluding hydrogens is 150 g/mol. The number of rotatable bonds is 2. The smallest absolute Gasteiger partial charge is 0.0702 e. The van der Waals surface area contributed by atoms with Gasteiger partial charge in [-0.25, -0.2) is 0 Å². The number of aliphatic hydroxyl groups is 1. The highest BCUT2D eigenvalue weighted by Crippen LogP contribution is 2.20. The van der Waals surface area contributed by atoms with Gasteiger partial charge in [0.15, 0.2) is 0 Å². The summed E-state index contributed by atoms with van der Waals surface area (Å²) in [7, 11) is 0. The van der Waals surface area contributed by atoms with Crippen molar-refractivity contribution in [1.82, 2.24) is 0 Å². The molecule has 0 aliphatic carbocycles. The van der Waals surface area contributed by atoms with Crippen LogP contribution < -0.4 is 5.73 Å². The molecule has 1 rings (SSSR count). The van der Waals surface area contributed by atoms with Gasteiger partial charge in [-0.05, 0) is 17.5 Å². The minimum Gasteiger partial charge on any atom is -0.398 e. The van der Waals surface area contributed by atoms with Crippen LogP contribution in [-0.2, 0) is 6.61 Å². The first-order valence-corrected chi connectivity index (χ1v) is 4.14. The molecule has 0 amide bonds. The van der Waals surface area contributed by atoms with Crippen molar-refractivity contribution in [2.24, 2.45) is 0 Å². The molecule has 0 aliphatic heterocycles. The van der Waals surface area contributed by atoms with Crippen LogP contribution in [0.2, 0.25) is 0 Å². The van der Waals surface area contributed by atoms with Crippen molar-refractivity contribution in [3.05, 3.63) is 29.3 Å². The van der Waals surface area contributed by atoms with Crippen LogP contribution in [0.3, 0.4) is 0 Å². The van der Waals surface area contributed by atoms with Crippen LogP contribution in [0.1, 0.15) is 30.9 Å². The maximum absolute atomic E-state index is 8.94. The molecule has 0 saturated heterocycles. The molecule has 1 aromatic rings. The van der Waals surface area contributed by atoms with Crippen molar-refractivity contribution < 1.29 is 5.11 Å². The standard InChI is InChI=1S/C10H15NO/c1-7(2)8-3-4-10(11)9(5-8)6-12/h3-5,7,12H,6,11H2,1-2H3. The molecule has 0 unspecified atom stereocenters. The summed E-state index contributed by atoms with van der Waals surface area (Å²) >= 11 is 0. The van der Waals surface area contributed by atoms with Gasteiger partial charge in [-0.2, -0.15) is 0 Å². The van der Waals surface area contributed by atoms with Crippen molar-refractivity contribution in [2.75, 3.05) is 5.73 Å². The molecular formula is C10H15NO. The minimum atomic E-state index is 0.0202. The number of benzene rings is 1. The first-order valence-electron chi connectivity index (χ1n) is 4.14. The van der Waals surface area contributed by atoms with Gasteiger partial charge < -0.3 is 10.8 Å². The maximum atomic E-state index is 8.94. The van der Waals surface area contributed by atoms with Crippen LogP contribution >= 0.6 is 0 Å². The number of anilines is 1. The molecule has 2 heteroatoms. The average molecular weight is 165 g/mol. The number of hydrogen-bond acceptors (Lipinski definition) is 2. The summed E-state index contributed by atoms with van der Waals surface area (Å²) in [5, 5.41) is 8.94. The van der Waals surface area contributed by atoms with E-state index in [0.717, 1.165) is 5.56 Å². The zero-order valence-electron chi connectivity index (χ0n) is 7.54. The van der Waals surface area contributed by atoms with Gasteiger partial charge in [0.2, 0.25) is 0 Å². The van der Waals surface area contributed by atoms with Crippen LogP contribution in [0.15, 0.2) is 18.2 Å². The Bertz CT molecular complexity index is 269. The molecule has 1 aromatic carbocycles. The Morgan fingerprint density at radius 1 is 1.42 bits per heavy atom. The van der Waals surface area contributed by atoms with Crippen LogP contribution in [-0.4, -0.2) is 5.11 Å². The van der Waals surface area contributed by atoms with Gasteiger partial charge in [-0.1, -0.05) is 26.0 Å². The average Bonchev–Trinajstić information content (AvgIpc) is 2.05. The monoisotopic (exact) mass is 165 g/mol. The van der Waals surface area contributed by atoms with Crippen molar-refractivity contribution in [3.63, 3.8) is 0 Å². The first kappa shape index (κ1) is 9.07. The first-order chi connectivity index (χ1) is 5.65. The number of nitrogen functional groups attached to an aromatic ring is 1. The fourth-order valence-corrected chi connectivity index (χ4v) is 1.12. The van der Waals surface area contributed by atoms with E-state index in [1.54, 1.807) is 0 Å². The summed E-state index contributed by atoms with van der Waals surface area (Å²) in [5.41, 5.74) is 8.35. The quantitative estimate of drug-likeness (QED) is 0.657. The van der Waals surface area contributed by atoms with Crippen molar-refractivity contribution in [1.29, 1.82) is 0 Å². The Kier molecular flexibility index (Phi) is 2.71. The molecule has 0 radical (unpaired) electrons. The van der Waals surface area contributed by atoms with Crippen molar-refractivity contribution >= 4 is 5.69 Å². The van der Waals surface area contributed by atoms with Crippen LogP contribution in [0, 0.1) is 0 Å². The van der Waals surface area contributed by atoms with Gasteiger partial charge >= 0.3 is 0 Å². The lowest BCUT2D eigenvalue weighted by Crippen LogP contribution is -1.96. The van der Waals surface area contributed by atoms with Crippen LogP contribution in [0.4, 0.5) is 5.69 Å². The predicted molar refractivity (Wildman–Crippen MR) is 50.9 cm³/mol. The number of hydrogen-bond donors (Lipinski definition) is 2. The van der Waals surface area contributed by atoms with E-state index in [1.807, 2.05) is 18.2 Å². The van der Waals surface area contributed by atoms with Crippen molar-refractivity contribution in [3.8, 4) is 0 Å². The molecule has 0 bridgehead atoms. The van der Waals surface area contributed by atoms with E-state index in [2.05, 4.69) is 13.8 Å². The molecule has 0 saturated carbocycles. The Balaban J connectivity index is 3.05. The molecule has 0 aliphatic rings. The van der Waals surface area contributed by atoms with E-state index in [1.165, 1.54) is 5.56 Å². The lowest BCUT2D eigenvalue weighted by Gasteiger charge is -2.08. The molecule has 3 N–H and O–H groups in total. The summed E-state index contributed by atoms with van der Waals surface area (Å²) in [6, 6.07) is 5.81. The third-order valence-electron chi connectivity index (χ3n) is 2.00. The Morgan fingerprint density at radius 2 is 2.08 bits per heavy atom. The van der Waals surface area contributed by atoms with E-state index >= 15 is 0 Å². The second-order valence-electron chi connectivity index (χ2n) is 3.27. The third-order valence-corrected chi connectivity index (χ3v) is 2.00. The lowest BCUT2D eigenvalue weighted by molar-refractivity contribution is 0.282. The van der Waals surface area contributed by atoms with Crippen molar-refractivity contribution in [2.45, 2.75) is 26.4 Å². The molecule has 66 valence electrons. The van der Waals surface area contributed by atoms with E-state index in [9.17, 15) is 0 Å². The van der Waals surface area contributed by atoms with Gasteiger partial charge in [0.05, 0.1) is 6.61 Å². The zero-order chi connectivity index (χ0) is 9.14. The Labute approximate surface area is 73.0 Å². The fraction of sp³-hybridized carbons (Fsp3) is 0.400. The molecule has 0 fully saturated rings. The van der Waals surface area contributed by atoms with Gasteiger partial charge in [-0.3, -0.25) is 0 Å². The highest BCUT2D eigenvalue weighted by atomic mass is 16.3. The Morgan fingerprint density at radius 3 is 2.58 bits per heavy atom. The fourth-order valence-electron chi connectivity index (χ4n) is 1.12. The van der Waals surface area contributed by atoms with E-state index in [0.29, 0.717) is 11.6 Å². The summed E-state index contributed by atoms with van der Waals surface area (Å²) < 4.78 is 0. The van der Waals surface area contributed by atoms with Gasteiger partial charge in [0.1, 0.15) is 0 Å². The summed E-state index contributed by atoms with van der Waals surface area (Å²) in [5.74, 6) is 0.482. The summed E-state index contributed by atoms with van der Waals surface area (Å²) in [6.45, 7) is 4.26. The lowest BCUT2D eigenvalue weighted by atomic mass is 10.0. The normalized spacial score (nSPS) is 10.7. The SMILES string of the molecule is CC(C)c1ccc(N)c(CO)c1. The highest BCUT2D eigenvalue weighted by molar-refractivity contribution is 5.48. The third kappa shape index (κ3) is 1.77. The molecule has 0 heterocycles. The molecule has 0 spiro atoms. The van der Waals surface area contributed by atoms with Crippen LogP contribution in [0.25, 0.3) is 0 Å². The maximum Gasteiger partial charge on any atom is 0.0702 e. The molecule has 0 aromatic heterocycles. The number of aliphatic hydroxyl groups excluding tert-OH is 1. The number of nitrogens with two attached hydrogens (primary N) is 1. The second-order valence-corrected chi connectivity index (χ2v) is 3.27. The van der Waals surface area contributed by atoms with E-state index < -0.39 is 0 Å². The Hall–Kier alpha value is -1.02. The van der Waals surface area contributed by atoms with Gasteiger partial charge in [-0.15, -0.1) is 0 Å². The summed E-state index contributed by atoms with van der Waals surface area (Å²) in [4.78, 5) is 0. The van der Waals surface area contributed by atoms with E-state index in [4.69, 9.17) is 10.8 Å². The summed E-state index contributed by atoms with van der Waals surface area (Å²) in [6.07, 6.45) is 0. The zero-order valence-corrected chi connectivity index (χ0v) is 7.54. The van der Waals surface area contributed by atoms with E-state index in [-0.39, 0.29) is 6.61 Å². The van der Waals surface area contributed by atoms with Crippen LogP contribution in [0.5, 0.6) is 0 Å². The molecule has 12 heavy (non-hydrogen) atoms. The van der Waals surface area contributed by atoms with Gasteiger partial charge in [0, 0.05) is 11.3 Å². The minimum absolute atomic E-state index is 0.0202. The molecule has 0 atom stereocenters. The molecule has 2 nitrogen and oxygen atoms in total. The second kappa shape index (κ2) is 3.59. The topological polar surface area (TPSA) is 46.2 Å².